The molecule has 0 spiro atoms. The second-order valence-electron chi connectivity index (χ2n) is 8.00. The lowest BCUT2D eigenvalue weighted by Crippen LogP contribution is -2.53. The molecule has 1 aliphatic heterocycles. The fourth-order valence-corrected chi connectivity index (χ4v) is 4.30. The monoisotopic (exact) mass is 372 g/mol. The minimum atomic E-state index is -0.878. The molecule has 2 amide bonds. The number of nitrogens with one attached hydrogen (secondary N) is 1. The van der Waals surface area contributed by atoms with E-state index < -0.39 is 11.5 Å². The summed E-state index contributed by atoms with van der Waals surface area (Å²) in [5, 5.41) is 12.3. The van der Waals surface area contributed by atoms with E-state index >= 15 is 0 Å². The van der Waals surface area contributed by atoms with Crippen molar-refractivity contribution in [2.75, 3.05) is 13.1 Å². The number of likely N-dealkylation sites (tertiary alicyclic amines) is 1. The van der Waals surface area contributed by atoms with Gasteiger partial charge in [-0.25, -0.2) is 0 Å². The molecule has 6 heteroatoms. The Bertz CT molecular complexity index is 707. The Labute approximate surface area is 159 Å². The van der Waals surface area contributed by atoms with Crippen molar-refractivity contribution in [1.29, 1.82) is 0 Å². The second kappa shape index (κ2) is 8.11. The van der Waals surface area contributed by atoms with Gasteiger partial charge < -0.3 is 15.3 Å². The number of carbonyl (C=O) groups excluding carboxylic acids is 2. The number of piperidine rings is 1. The highest BCUT2D eigenvalue weighted by Gasteiger charge is 2.39. The number of benzene rings is 1. The van der Waals surface area contributed by atoms with Gasteiger partial charge in [-0.1, -0.05) is 30.5 Å². The predicted octanol–water partition coefficient (Wildman–Crippen LogP) is 2.75. The van der Waals surface area contributed by atoms with Gasteiger partial charge in [0.2, 0.25) is 5.91 Å². The van der Waals surface area contributed by atoms with Crippen LogP contribution in [0.25, 0.3) is 0 Å². The van der Waals surface area contributed by atoms with Crippen LogP contribution in [0.3, 0.4) is 0 Å². The zero-order valence-corrected chi connectivity index (χ0v) is 15.9. The summed E-state index contributed by atoms with van der Waals surface area (Å²) in [7, 11) is 0. The van der Waals surface area contributed by atoms with Crippen LogP contribution in [0.1, 0.15) is 60.9 Å². The van der Waals surface area contributed by atoms with Crippen molar-refractivity contribution < 1.29 is 19.5 Å². The molecule has 1 atom stereocenters. The summed E-state index contributed by atoms with van der Waals surface area (Å²) in [4.78, 5) is 38.6. The zero-order valence-electron chi connectivity index (χ0n) is 15.9. The number of amides is 2. The van der Waals surface area contributed by atoms with Gasteiger partial charge in [-0.05, 0) is 44.7 Å². The molecule has 2 fully saturated rings. The molecule has 1 saturated heterocycles. The first-order valence-corrected chi connectivity index (χ1v) is 9.78. The molecule has 6 nitrogen and oxygen atoms in total. The molecule has 146 valence electrons. The van der Waals surface area contributed by atoms with Crippen molar-refractivity contribution in [1.82, 2.24) is 10.2 Å². The molecule has 1 saturated carbocycles. The molecule has 1 aromatic rings. The molecule has 2 aliphatic rings. The number of carboxylic acids is 1. The lowest BCUT2D eigenvalue weighted by molar-refractivity contribution is -0.139. The quantitative estimate of drug-likeness (QED) is 0.832. The Morgan fingerprint density at radius 2 is 1.81 bits per heavy atom. The normalized spacial score (nSPS) is 21.7. The van der Waals surface area contributed by atoms with Gasteiger partial charge in [0.05, 0.1) is 17.9 Å². The van der Waals surface area contributed by atoms with Gasteiger partial charge in [0, 0.05) is 18.7 Å². The average Bonchev–Trinajstić information content (AvgIpc) is 3.09. The standard InChI is InChI=1S/C21H28N2O4/c1-15-6-8-16(9-7-15)20(27)23-12-4-5-17(14-23)19(26)22-21(13-18(24)25)10-2-3-11-21/h6-9,17H,2-5,10-14H2,1H3,(H,22,26)(H,24,25). The summed E-state index contributed by atoms with van der Waals surface area (Å²) >= 11 is 0. The van der Waals surface area contributed by atoms with Crippen LogP contribution in [0, 0.1) is 12.8 Å². The van der Waals surface area contributed by atoms with E-state index in [0.29, 0.717) is 31.5 Å². The van der Waals surface area contributed by atoms with Crippen LogP contribution < -0.4 is 5.32 Å². The number of hydrogen-bond acceptors (Lipinski definition) is 3. The van der Waals surface area contributed by atoms with Gasteiger partial charge in [0.25, 0.3) is 5.91 Å². The number of aliphatic carboxylic acids is 1. The first kappa shape index (κ1) is 19.4. The minimum absolute atomic E-state index is 0.0303. The maximum Gasteiger partial charge on any atom is 0.305 e. The molecular weight excluding hydrogens is 344 g/mol. The van der Waals surface area contributed by atoms with E-state index in [0.717, 1.165) is 31.2 Å². The van der Waals surface area contributed by atoms with E-state index in [4.69, 9.17) is 0 Å². The molecule has 0 bridgehead atoms. The first-order valence-electron chi connectivity index (χ1n) is 9.78. The highest BCUT2D eigenvalue weighted by molar-refractivity contribution is 5.94. The number of aryl methyl sites for hydroxylation is 1. The molecule has 0 radical (unpaired) electrons. The van der Waals surface area contributed by atoms with Crippen LogP contribution in [0.5, 0.6) is 0 Å². The van der Waals surface area contributed by atoms with E-state index in [9.17, 15) is 19.5 Å². The van der Waals surface area contributed by atoms with Gasteiger partial charge in [-0.2, -0.15) is 0 Å². The highest BCUT2D eigenvalue weighted by Crippen LogP contribution is 2.33. The second-order valence-corrected chi connectivity index (χ2v) is 8.00. The number of nitrogens with zero attached hydrogens (tertiary/aromatic N) is 1. The van der Waals surface area contributed by atoms with E-state index in [1.165, 1.54) is 0 Å². The number of hydrogen-bond donors (Lipinski definition) is 2. The van der Waals surface area contributed by atoms with E-state index in [1.807, 2.05) is 31.2 Å². The summed E-state index contributed by atoms with van der Waals surface area (Å²) in [6.45, 7) is 3.02. The third-order valence-electron chi connectivity index (χ3n) is 5.82. The number of carboxylic acid groups (broad SMARTS) is 1. The van der Waals surface area contributed by atoms with Gasteiger partial charge >= 0.3 is 5.97 Å². The zero-order chi connectivity index (χ0) is 19.4. The average molecular weight is 372 g/mol. The third kappa shape index (κ3) is 4.67. The Balaban J connectivity index is 1.64. The Kier molecular flexibility index (Phi) is 5.82. The van der Waals surface area contributed by atoms with Crippen LogP contribution in [-0.2, 0) is 9.59 Å². The van der Waals surface area contributed by atoms with Crippen LogP contribution in [-0.4, -0.2) is 46.4 Å². The molecule has 1 heterocycles. The maximum atomic E-state index is 12.8. The van der Waals surface area contributed by atoms with Gasteiger partial charge in [0.15, 0.2) is 0 Å². The van der Waals surface area contributed by atoms with Crippen LogP contribution in [0.2, 0.25) is 0 Å². The van der Waals surface area contributed by atoms with Crippen molar-refractivity contribution in [3.05, 3.63) is 35.4 Å². The Morgan fingerprint density at radius 1 is 1.15 bits per heavy atom. The van der Waals surface area contributed by atoms with Crippen molar-refractivity contribution in [2.45, 2.75) is 57.4 Å². The van der Waals surface area contributed by atoms with Gasteiger partial charge in [-0.3, -0.25) is 14.4 Å². The topological polar surface area (TPSA) is 86.7 Å². The summed E-state index contributed by atoms with van der Waals surface area (Å²) in [5.41, 5.74) is 1.12. The molecule has 27 heavy (non-hydrogen) atoms. The van der Waals surface area contributed by atoms with E-state index in [2.05, 4.69) is 5.32 Å². The lowest BCUT2D eigenvalue weighted by Gasteiger charge is -2.35. The summed E-state index contributed by atoms with van der Waals surface area (Å²) < 4.78 is 0. The van der Waals surface area contributed by atoms with Crippen molar-refractivity contribution in [2.24, 2.45) is 5.92 Å². The molecule has 1 aliphatic carbocycles. The molecular formula is C21H28N2O4. The van der Waals surface area contributed by atoms with Crippen LogP contribution in [0.4, 0.5) is 0 Å². The van der Waals surface area contributed by atoms with Crippen LogP contribution >= 0.6 is 0 Å². The fraction of sp³-hybridized carbons (Fsp3) is 0.571. The highest BCUT2D eigenvalue weighted by atomic mass is 16.4. The lowest BCUT2D eigenvalue weighted by atomic mass is 9.90. The molecule has 2 N–H and O–H groups in total. The summed E-state index contributed by atoms with van der Waals surface area (Å²) in [6.07, 6.45) is 4.78. The van der Waals surface area contributed by atoms with Crippen LogP contribution in [0.15, 0.2) is 24.3 Å². The van der Waals surface area contributed by atoms with Crippen molar-refractivity contribution in [3.63, 3.8) is 0 Å². The van der Waals surface area contributed by atoms with Crippen molar-refractivity contribution in [3.8, 4) is 0 Å². The first-order chi connectivity index (χ1) is 12.9. The largest absolute Gasteiger partial charge is 0.481 e. The number of rotatable bonds is 5. The van der Waals surface area contributed by atoms with Crippen molar-refractivity contribution >= 4 is 17.8 Å². The van der Waals surface area contributed by atoms with Gasteiger partial charge in [0.1, 0.15) is 0 Å². The molecule has 0 aromatic heterocycles. The van der Waals surface area contributed by atoms with E-state index in [1.54, 1.807) is 4.90 Å². The molecule has 1 unspecified atom stereocenters. The third-order valence-corrected chi connectivity index (χ3v) is 5.82. The molecule has 1 aromatic carbocycles. The number of carbonyl (C=O) groups is 3. The summed E-state index contributed by atoms with van der Waals surface area (Å²) in [6, 6.07) is 7.47. The smallest absolute Gasteiger partial charge is 0.305 e. The SMILES string of the molecule is Cc1ccc(C(=O)N2CCCC(C(=O)NC3(CC(=O)O)CCCC3)C2)cc1. The predicted molar refractivity (Wildman–Crippen MR) is 101 cm³/mol. The minimum Gasteiger partial charge on any atom is -0.481 e. The Morgan fingerprint density at radius 3 is 2.44 bits per heavy atom. The van der Waals surface area contributed by atoms with E-state index in [-0.39, 0.29) is 24.2 Å². The fourth-order valence-electron chi connectivity index (χ4n) is 4.30. The molecule has 3 rings (SSSR count). The Hall–Kier alpha value is -2.37. The summed E-state index contributed by atoms with van der Waals surface area (Å²) in [5.74, 6) is -1.32. The van der Waals surface area contributed by atoms with Gasteiger partial charge in [-0.15, -0.1) is 0 Å². The maximum absolute atomic E-state index is 12.8.